The Morgan fingerprint density at radius 2 is 1.90 bits per heavy atom. The van der Waals surface area contributed by atoms with E-state index in [2.05, 4.69) is 4.98 Å². The summed E-state index contributed by atoms with van der Waals surface area (Å²) < 4.78 is 38.1. The van der Waals surface area contributed by atoms with E-state index >= 15 is 4.39 Å². The Hall–Kier alpha value is -3.18. The van der Waals surface area contributed by atoms with E-state index in [0.29, 0.717) is 34.5 Å². The summed E-state index contributed by atoms with van der Waals surface area (Å²) in [6.45, 7) is 1.79. The van der Waals surface area contributed by atoms with E-state index in [-0.39, 0.29) is 16.7 Å². The SMILES string of the molecule is Cc1ccc(-n2ccnc2)c(F)c1-c1c(Cl)c(F)cc2c1CC(c1ccccc1)O2. The molecule has 0 saturated heterocycles. The predicted octanol–water partition coefficient (Wildman–Crippen LogP) is 6.46. The molecule has 0 bridgehead atoms. The van der Waals surface area contributed by atoms with Gasteiger partial charge in [0.1, 0.15) is 17.7 Å². The molecule has 0 N–H and O–H groups in total. The third kappa shape index (κ3) is 2.97. The molecule has 30 heavy (non-hydrogen) atoms. The largest absolute Gasteiger partial charge is 0.485 e. The van der Waals surface area contributed by atoms with Gasteiger partial charge in [0.05, 0.1) is 17.0 Å². The zero-order valence-electron chi connectivity index (χ0n) is 16.1. The van der Waals surface area contributed by atoms with Gasteiger partial charge in [-0.2, -0.15) is 0 Å². The van der Waals surface area contributed by atoms with Gasteiger partial charge < -0.3 is 9.30 Å². The van der Waals surface area contributed by atoms with Gasteiger partial charge in [-0.15, -0.1) is 0 Å². The second kappa shape index (κ2) is 7.26. The molecule has 4 aromatic rings. The van der Waals surface area contributed by atoms with Gasteiger partial charge in [-0.1, -0.05) is 48.0 Å². The van der Waals surface area contributed by atoms with Crippen LogP contribution in [0.2, 0.25) is 5.02 Å². The molecule has 0 spiro atoms. The first-order valence-electron chi connectivity index (χ1n) is 9.55. The lowest BCUT2D eigenvalue weighted by Gasteiger charge is -2.16. The Morgan fingerprint density at radius 1 is 1.10 bits per heavy atom. The Balaban J connectivity index is 1.70. The quantitative estimate of drug-likeness (QED) is 0.379. The highest BCUT2D eigenvalue weighted by molar-refractivity contribution is 6.34. The number of aryl methyl sites for hydroxylation is 1. The highest BCUT2D eigenvalue weighted by Gasteiger charge is 2.32. The first-order chi connectivity index (χ1) is 14.5. The number of hydrogen-bond acceptors (Lipinski definition) is 2. The van der Waals surface area contributed by atoms with Crippen LogP contribution in [0.5, 0.6) is 5.75 Å². The molecule has 0 aliphatic carbocycles. The second-order valence-electron chi connectivity index (χ2n) is 7.31. The summed E-state index contributed by atoms with van der Waals surface area (Å²) in [4.78, 5) is 3.99. The maximum Gasteiger partial charge on any atom is 0.155 e. The number of hydrogen-bond donors (Lipinski definition) is 0. The third-order valence-corrected chi connectivity index (χ3v) is 5.85. The van der Waals surface area contributed by atoms with E-state index in [1.807, 2.05) is 30.3 Å². The van der Waals surface area contributed by atoms with Crippen LogP contribution >= 0.6 is 11.6 Å². The van der Waals surface area contributed by atoms with Crippen molar-refractivity contribution in [1.29, 1.82) is 0 Å². The Kier molecular flexibility index (Phi) is 4.55. The van der Waals surface area contributed by atoms with Gasteiger partial charge in [0, 0.05) is 41.6 Å². The Morgan fingerprint density at radius 3 is 2.63 bits per heavy atom. The van der Waals surface area contributed by atoms with E-state index < -0.39 is 11.6 Å². The molecule has 2 heterocycles. The van der Waals surface area contributed by atoms with E-state index in [4.69, 9.17) is 16.3 Å². The van der Waals surface area contributed by atoms with Gasteiger partial charge in [0.2, 0.25) is 0 Å². The van der Waals surface area contributed by atoms with Crippen molar-refractivity contribution in [2.24, 2.45) is 0 Å². The highest BCUT2D eigenvalue weighted by atomic mass is 35.5. The average molecular weight is 423 g/mol. The molecular formula is C24H17ClF2N2O. The molecular weight excluding hydrogens is 406 g/mol. The monoisotopic (exact) mass is 422 g/mol. The van der Waals surface area contributed by atoms with Crippen molar-refractivity contribution in [2.75, 3.05) is 0 Å². The summed E-state index contributed by atoms with van der Waals surface area (Å²) in [7, 11) is 0. The number of halogens is 3. The van der Waals surface area contributed by atoms with Crippen molar-refractivity contribution >= 4 is 11.6 Å². The van der Waals surface area contributed by atoms with Crippen molar-refractivity contribution in [2.45, 2.75) is 19.4 Å². The van der Waals surface area contributed by atoms with Gasteiger partial charge in [0.25, 0.3) is 0 Å². The molecule has 1 aliphatic rings. The minimum absolute atomic E-state index is 0.101. The molecule has 6 heteroatoms. The number of fused-ring (bicyclic) bond motifs is 1. The first kappa shape index (κ1) is 18.8. The molecule has 1 unspecified atom stereocenters. The third-order valence-electron chi connectivity index (χ3n) is 5.48. The molecule has 1 atom stereocenters. The van der Waals surface area contributed by atoms with Crippen LogP contribution in [0.15, 0.2) is 67.3 Å². The molecule has 150 valence electrons. The molecule has 1 aromatic heterocycles. The van der Waals surface area contributed by atoms with Gasteiger partial charge in [-0.3, -0.25) is 0 Å². The van der Waals surface area contributed by atoms with Crippen molar-refractivity contribution in [3.63, 3.8) is 0 Å². The number of benzene rings is 3. The Bertz CT molecular complexity index is 1240. The minimum Gasteiger partial charge on any atom is -0.485 e. The minimum atomic E-state index is -0.633. The highest BCUT2D eigenvalue weighted by Crippen LogP contribution is 2.48. The van der Waals surface area contributed by atoms with Crippen molar-refractivity contribution < 1.29 is 13.5 Å². The van der Waals surface area contributed by atoms with Crippen molar-refractivity contribution in [3.05, 3.63) is 101 Å². The standard InChI is InChI=1S/C24H17ClF2N2O/c1-14-7-8-18(29-10-9-28-13-29)24(27)21(14)22-16-11-19(15-5-3-2-4-6-15)30-20(16)12-17(26)23(22)25/h2-10,12-13,19H,11H2,1H3. The molecule has 0 fully saturated rings. The van der Waals surface area contributed by atoms with Crippen LogP contribution in [0.25, 0.3) is 16.8 Å². The lowest BCUT2D eigenvalue weighted by molar-refractivity contribution is 0.238. The fourth-order valence-electron chi connectivity index (χ4n) is 4.01. The van der Waals surface area contributed by atoms with Gasteiger partial charge in [-0.05, 0) is 24.1 Å². The number of imidazole rings is 1. The second-order valence-corrected chi connectivity index (χ2v) is 7.68. The van der Waals surface area contributed by atoms with Crippen LogP contribution in [-0.4, -0.2) is 9.55 Å². The smallest absolute Gasteiger partial charge is 0.155 e. The summed E-state index contributed by atoms with van der Waals surface area (Å²) in [5, 5.41) is -0.101. The molecule has 5 rings (SSSR count). The maximum atomic E-state index is 15.7. The van der Waals surface area contributed by atoms with Crippen molar-refractivity contribution in [1.82, 2.24) is 9.55 Å². The molecule has 0 radical (unpaired) electrons. The fourth-order valence-corrected chi connectivity index (χ4v) is 4.28. The molecule has 3 nitrogen and oxygen atoms in total. The molecule has 3 aromatic carbocycles. The van der Waals surface area contributed by atoms with E-state index in [1.54, 1.807) is 36.0 Å². The van der Waals surface area contributed by atoms with Crippen LogP contribution in [0.1, 0.15) is 22.8 Å². The summed E-state index contributed by atoms with van der Waals surface area (Å²) in [6, 6.07) is 14.5. The normalized spacial score (nSPS) is 15.1. The summed E-state index contributed by atoms with van der Waals surface area (Å²) in [6.07, 6.45) is 4.94. The van der Waals surface area contributed by atoms with E-state index in [1.165, 1.54) is 12.4 Å². The Labute approximate surface area is 177 Å². The average Bonchev–Trinajstić information content (AvgIpc) is 3.41. The first-order valence-corrected chi connectivity index (χ1v) is 9.92. The molecule has 0 amide bonds. The van der Waals surface area contributed by atoms with Gasteiger partial charge >= 0.3 is 0 Å². The zero-order chi connectivity index (χ0) is 20.8. The fraction of sp³-hybridized carbons (Fsp3) is 0.125. The molecule has 1 aliphatic heterocycles. The summed E-state index contributed by atoms with van der Waals surface area (Å²) >= 11 is 6.41. The van der Waals surface area contributed by atoms with Crippen LogP contribution in [0, 0.1) is 18.6 Å². The van der Waals surface area contributed by atoms with Crippen LogP contribution < -0.4 is 4.74 Å². The lowest BCUT2D eigenvalue weighted by atomic mass is 9.91. The van der Waals surface area contributed by atoms with Gasteiger partial charge in [-0.25, -0.2) is 13.8 Å². The predicted molar refractivity (Wildman–Crippen MR) is 112 cm³/mol. The van der Waals surface area contributed by atoms with E-state index in [0.717, 1.165) is 5.56 Å². The van der Waals surface area contributed by atoms with Crippen LogP contribution in [0.3, 0.4) is 0 Å². The summed E-state index contributed by atoms with van der Waals surface area (Å²) in [5.41, 5.74) is 3.29. The number of ether oxygens (including phenoxy) is 1. The van der Waals surface area contributed by atoms with Crippen LogP contribution in [0.4, 0.5) is 8.78 Å². The summed E-state index contributed by atoms with van der Waals surface area (Å²) in [5.74, 6) is -0.718. The number of nitrogens with zero attached hydrogens (tertiary/aromatic N) is 2. The van der Waals surface area contributed by atoms with Gasteiger partial charge in [0.15, 0.2) is 5.82 Å². The zero-order valence-corrected chi connectivity index (χ0v) is 16.8. The lowest BCUT2D eigenvalue weighted by Crippen LogP contribution is -2.03. The van der Waals surface area contributed by atoms with E-state index in [9.17, 15) is 4.39 Å². The number of rotatable bonds is 3. The maximum absolute atomic E-state index is 15.7. The number of aromatic nitrogens is 2. The van der Waals surface area contributed by atoms with Crippen LogP contribution in [-0.2, 0) is 6.42 Å². The topological polar surface area (TPSA) is 27.1 Å². The van der Waals surface area contributed by atoms with Crippen molar-refractivity contribution in [3.8, 4) is 22.6 Å². The molecule has 0 saturated carbocycles.